The number of nitrogens with zero attached hydrogens (tertiary/aromatic N) is 1. The van der Waals surface area contributed by atoms with E-state index in [4.69, 9.17) is 0 Å². The summed E-state index contributed by atoms with van der Waals surface area (Å²) in [5.41, 5.74) is -2.04. The monoisotopic (exact) mass is 506 g/mol. The van der Waals surface area contributed by atoms with Crippen LogP contribution < -0.4 is 16.0 Å². The molecule has 35 heavy (non-hydrogen) atoms. The van der Waals surface area contributed by atoms with E-state index in [1.165, 1.54) is 17.4 Å². The molecule has 0 aliphatic carbocycles. The molecular formula is C23H18F4N4O3S. The Bertz CT molecular complexity index is 1340. The Morgan fingerprint density at radius 1 is 1.11 bits per heavy atom. The molecule has 0 radical (unpaired) electrons. The molecule has 0 saturated carbocycles. The van der Waals surface area contributed by atoms with Crippen LogP contribution in [0.25, 0.3) is 11.1 Å². The summed E-state index contributed by atoms with van der Waals surface area (Å²) in [5.74, 6) is -2.11. The van der Waals surface area contributed by atoms with Crippen molar-refractivity contribution in [3.05, 3.63) is 75.0 Å². The van der Waals surface area contributed by atoms with E-state index in [0.717, 1.165) is 36.4 Å². The van der Waals surface area contributed by atoms with Crippen molar-refractivity contribution in [2.24, 2.45) is 0 Å². The predicted octanol–water partition coefficient (Wildman–Crippen LogP) is 4.05. The van der Waals surface area contributed by atoms with E-state index >= 15 is 0 Å². The summed E-state index contributed by atoms with van der Waals surface area (Å²) in [6.07, 6.45) is -4.55. The minimum absolute atomic E-state index is 0.0304. The smallest absolute Gasteiger partial charge is 0.349 e. The van der Waals surface area contributed by atoms with Gasteiger partial charge in [-0.25, -0.2) is 14.2 Å². The summed E-state index contributed by atoms with van der Waals surface area (Å²) in [6, 6.07) is 6.47. The zero-order valence-electron chi connectivity index (χ0n) is 18.3. The fourth-order valence-electron chi connectivity index (χ4n) is 3.89. The van der Waals surface area contributed by atoms with Crippen molar-refractivity contribution in [2.75, 3.05) is 6.54 Å². The molecule has 0 bridgehead atoms. The van der Waals surface area contributed by atoms with Gasteiger partial charge in [0.1, 0.15) is 5.82 Å². The zero-order valence-corrected chi connectivity index (χ0v) is 19.2. The first-order valence-electron chi connectivity index (χ1n) is 10.2. The third-order valence-electron chi connectivity index (χ3n) is 5.51. The summed E-state index contributed by atoms with van der Waals surface area (Å²) < 4.78 is 52.7. The molecule has 2 heterocycles. The second kappa shape index (κ2) is 8.77. The number of alkyl halides is 3. The van der Waals surface area contributed by atoms with Crippen molar-refractivity contribution in [3.63, 3.8) is 0 Å². The lowest BCUT2D eigenvalue weighted by Crippen LogP contribution is -2.53. The number of urea groups is 1. The minimum atomic E-state index is -4.55. The van der Waals surface area contributed by atoms with E-state index in [1.54, 1.807) is 13.8 Å². The average Bonchev–Trinajstić information content (AvgIpc) is 3.28. The molecule has 4 rings (SSSR count). The fraction of sp³-hybridized carbons (Fsp3) is 0.217. The highest BCUT2D eigenvalue weighted by atomic mass is 32.1. The van der Waals surface area contributed by atoms with Gasteiger partial charge < -0.3 is 10.6 Å². The third kappa shape index (κ3) is 4.61. The van der Waals surface area contributed by atoms with Crippen LogP contribution in [0.5, 0.6) is 0 Å². The van der Waals surface area contributed by atoms with Crippen LogP contribution in [0.1, 0.15) is 31.5 Å². The first-order chi connectivity index (χ1) is 16.4. The van der Waals surface area contributed by atoms with Crippen molar-refractivity contribution in [3.8, 4) is 11.1 Å². The normalized spacial score (nSPS) is 17.8. The fourth-order valence-corrected chi connectivity index (χ4v) is 4.79. The van der Waals surface area contributed by atoms with E-state index in [2.05, 4.69) is 20.9 Å². The van der Waals surface area contributed by atoms with Crippen molar-refractivity contribution < 1.29 is 31.9 Å². The van der Waals surface area contributed by atoms with Gasteiger partial charge in [0.25, 0.3) is 11.8 Å². The van der Waals surface area contributed by atoms with Gasteiger partial charge in [0.05, 0.1) is 22.8 Å². The first kappa shape index (κ1) is 24.3. The van der Waals surface area contributed by atoms with E-state index in [0.29, 0.717) is 9.88 Å². The summed E-state index contributed by atoms with van der Waals surface area (Å²) >= 11 is 1.32. The van der Waals surface area contributed by atoms with Gasteiger partial charge in [0.15, 0.2) is 5.54 Å². The van der Waals surface area contributed by atoms with Crippen molar-refractivity contribution in [1.82, 2.24) is 20.9 Å². The van der Waals surface area contributed by atoms with Crippen LogP contribution in [0, 0.1) is 19.7 Å². The number of halogens is 4. The van der Waals surface area contributed by atoms with E-state index in [9.17, 15) is 31.9 Å². The van der Waals surface area contributed by atoms with Crippen LogP contribution >= 0.6 is 11.3 Å². The molecule has 2 aromatic carbocycles. The van der Waals surface area contributed by atoms with Gasteiger partial charge in [-0.1, -0.05) is 12.1 Å². The molecule has 0 unspecified atom stereocenters. The van der Waals surface area contributed by atoms with Gasteiger partial charge in [0, 0.05) is 10.4 Å². The Hall–Kier alpha value is -3.80. The molecule has 1 aromatic heterocycles. The van der Waals surface area contributed by atoms with Gasteiger partial charge in [-0.3, -0.25) is 14.9 Å². The Balaban J connectivity index is 1.66. The lowest BCUT2D eigenvalue weighted by atomic mass is 9.93. The predicted molar refractivity (Wildman–Crippen MR) is 119 cm³/mol. The Kier molecular flexibility index (Phi) is 6.09. The lowest BCUT2D eigenvalue weighted by molar-refractivity contribution is -0.137. The van der Waals surface area contributed by atoms with Crippen molar-refractivity contribution in [2.45, 2.75) is 25.6 Å². The number of rotatable bonds is 5. The molecule has 182 valence electrons. The highest BCUT2D eigenvalue weighted by Gasteiger charge is 2.50. The van der Waals surface area contributed by atoms with Crippen LogP contribution in [0.2, 0.25) is 0 Å². The minimum Gasteiger partial charge on any atom is -0.349 e. The Morgan fingerprint density at radius 2 is 1.80 bits per heavy atom. The van der Waals surface area contributed by atoms with Crippen LogP contribution in [0.15, 0.2) is 42.5 Å². The number of aryl methyl sites for hydroxylation is 2. The molecule has 4 amide bonds. The molecule has 1 fully saturated rings. The Labute approximate surface area is 200 Å². The molecule has 12 heteroatoms. The van der Waals surface area contributed by atoms with Gasteiger partial charge in [-0.05, 0) is 55.3 Å². The number of carbonyl (C=O) groups excluding carboxylic acids is 3. The maximum absolute atomic E-state index is 14.0. The van der Waals surface area contributed by atoms with Crippen LogP contribution in [0.3, 0.4) is 0 Å². The number of benzene rings is 2. The number of hydrogen-bond acceptors (Lipinski definition) is 5. The quantitative estimate of drug-likeness (QED) is 0.359. The largest absolute Gasteiger partial charge is 0.416 e. The molecular weight excluding hydrogens is 488 g/mol. The number of nitrogens with one attached hydrogen (secondary N) is 3. The molecule has 1 aliphatic heterocycles. The molecule has 1 aliphatic rings. The van der Waals surface area contributed by atoms with Crippen LogP contribution in [-0.2, 0) is 16.5 Å². The van der Waals surface area contributed by atoms with Gasteiger partial charge in [-0.2, -0.15) is 13.2 Å². The topological polar surface area (TPSA) is 100 Å². The van der Waals surface area contributed by atoms with Crippen LogP contribution in [-0.4, -0.2) is 29.4 Å². The standard InChI is InChI=1S/C23H18F4N4O3S/c1-11-18(29-12(2)35-11)22(20(33)30-21(34)31-22)10-28-19(32)16-8-7-15(24)9-17(16)13-3-5-14(6-4-13)23(25,26)27/h3-9H,10H2,1-2H3,(H,28,32)(H2,30,31,33,34)/t22-/m1/s1. The highest BCUT2D eigenvalue weighted by Crippen LogP contribution is 2.33. The maximum atomic E-state index is 14.0. The summed E-state index contributed by atoms with van der Waals surface area (Å²) in [5, 5.41) is 7.92. The van der Waals surface area contributed by atoms with Crippen molar-refractivity contribution in [1.29, 1.82) is 0 Å². The highest BCUT2D eigenvalue weighted by molar-refractivity contribution is 7.11. The number of hydrogen-bond donors (Lipinski definition) is 3. The van der Waals surface area contributed by atoms with E-state index in [-0.39, 0.29) is 28.9 Å². The number of amides is 4. The SMILES string of the molecule is Cc1nc([C@@]2(CNC(=O)c3ccc(F)cc3-c3ccc(C(F)(F)F)cc3)NC(=O)NC2=O)c(C)s1. The van der Waals surface area contributed by atoms with Gasteiger partial charge in [-0.15, -0.1) is 11.3 Å². The second-order valence-electron chi connectivity index (χ2n) is 7.90. The molecule has 7 nitrogen and oxygen atoms in total. The lowest BCUT2D eigenvalue weighted by Gasteiger charge is -2.25. The number of imide groups is 1. The number of aromatic nitrogens is 1. The third-order valence-corrected chi connectivity index (χ3v) is 6.40. The number of carbonyl (C=O) groups is 3. The summed E-state index contributed by atoms with van der Waals surface area (Å²) in [7, 11) is 0. The number of thiazole rings is 1. The zero-order chi connectivity index (χ0) is 25.5. The first-order valence-corrected chi connectivity index (χ1v) is 11.1. The van der Waals surface area contributed by atoms with Gasteiger partial charge in [0.2, 0.25) is 0 Å². The van der Waals surface area contributed by atoms with E-state index in [1.807, 2.05) is 0 Å². The molecule has 3 aromatic rings. The van der Waals surface area contributed by atoms with E-state index < -0.39 is 40.9 Å². The molecule has 3 N–H and O–H groups in total. The Morgan fingerprint density at radius 3 is 2.34 bits per heavy atom. The molecule has 0 spiro atoms. The van der Waals surface area contributed by atoms with Gasteiger partial charge >= 0.3 is 12.2 Å². The second-order valence-corrected chi connectivity index (χ2v) is 9.31. The van der Waals surface area contributed by atoms with Crippen LogP contribution in [0.4, 0.5) is 22.4 Å². The summed E-state index contributed by atoms with van der Waals surface area (Å²) in [6.45, 7) is 3.10. The molecule has 1 saturated heterocycles. The average molecular weight is 506 g/mol. The molecule has 1 atom stereocenters. The summed E-state index contributed by atoms with van der Waals surface area (Å²) in [4.78, 5) is 42.8. The van der Waals surface area contributed by atoms with Crippen molar-refractivity contribution >= 4 is 29.2 Å². The maximum Gasteiger partial charge on any atom is 0.416 e.